The van der Waals surface area contributed by atoms with E-state index in [1.807, 2.05) is 0 Å². The molecule has 0 aliphatic carbocycles. The van der Waals surface area contributed by atoms with Gasteiger partial charge >= 0.3 is 0 Å². The molecule has 0 saturated heterocycles. The van der Waals surface area contributed by atoms with Crippen molar-refractivity contribution < 1.29 is 18.5 Å². The van der Waals surface area contributed by atoms with E-state index in [9.17, 15) is 23.7 Å². The number of aryl methyl sites for hydroxylation is 1. The van der Waals surface area contributed by atoms with Gasteiger partial charge in [0.15, 0.2) is 17.4 Å². The SMILES string of the molecule is Cc1ccc(C(=O)/C=C/c2cccc(F)c2F)cc1[N+](=O)[O-]. The first kappa shape index (κ1) is 15.5. The number of ketones is 1. The molecule has 0 amide bonds. The zero-order chi connectivity index (χ0) is 16.3. The third kappa shape index (κ3) is 3.22. The van der Waals surface area contributed by atoms with Crippen molar-refractivity contribution >= 4 is 17.5 Å². The summed E-state index contributed by atoms with van der Waals surface area (Å²) in [6.45, 7) is 1.56. The van der Waals surface area contributed by atoms with Gasteiger partial charge in [0.1, 0.15) is 0 Å². The topological polar surface area (TPSA) is 60.2 Å². The second-order valence-electron chi connectivity index (χ2n) is 4.60. The Morgan fingerprint density at radius 2 is 1.95 bits per heavy atom. The van der Waals surface area contributed by atoms with E-state index in [0.717, 1.165) is 24.3 Å². The number of nitrogens with zero attached hydrogens (tertiary/aromatic N) is 1. The van der Waals surface area contributed by atoms with Crippen molar-refractivity contribution in [2.75, 3.05) is 0 Å². The third-order valence-corrected chi connectivity index (χ3v) is 3.09. The van der Waals surface area contributed by atoms with Gasteiger partial charge in [-0.15, -0.1) is 0 Å². The molecule has 2 rings (SSSR count). The Hall–Kier alpha value is -2.89. The Morgan fingerprint density at radius 3 is 2.64 bits per heavy atom. The average Bonchev–Trinajstić information content (AvgIpc) is 2.48. The first-order chi connectivity index (χ1) is 10.4. The molecular formula is C16H11F2NO3. The molecule has 0 aromatic heterocycles. The highest BCUT2D eigenvalue weighted by molar-refractivity contribution is 6.07. The summed E-state index contributed by atoms with van der Waals surface area (Å²) in [5.74, 6) is -2.60. The fourth-order valence-electron chi connectivity index (χ4n) is 1.87. The molecule has 0 aliphatic heterocycles. The summed E-state index contributed by atoms with van der Waals surface area (Å²) in [7, 11) is 0. The quantitative estimate of drug-likeness (QED) is 0.370. The molecular weight excluding hydrogens is 292 g/mol. The molecule has 2 aromatic carbocycles. The third-order valence-electron chi connectivity index (χ3n) is 3.09. The van der Waals surface area contributed by atoms with E-state index in [-0.39, 0.29) is 16.8 Å². The molecule has 0 spiro atoms. The molecule has 0 unspecified atom stereocenters. The summed E-state index contributed by atoms with van der Waals surface area (Å²) in [5, 5.41) is 10.8. The first-order valence-electron chi connectivity index (χ1n) is 6.31. The zero-order valence-corrected chi connectivity index (χ0v) is 11.5. The van der Waals surface area contributed by atoms with E-state index in [4.69, 9.17) is 0 Å². The molecule has 0 aliphatic rings. The van der Waals surface area contributed by atoms with Gasteiger partial charge in [-0.2, -0.15) is 0 Å². The molecule has 4 nitrogen and oxygen atoms in total. The van der Waals surface area contributed by atoms with Crippen molar-refractivity contribution in [2.45, 2.75) is 6.92 Å². The van der Waals surface area contributed by atoms with E-state index in [0.29, 0.717) is 5.56 Å². The predicted octanol–water partition coefficient (Wildman–Crippen LogP) is 4.08. The van der Waals surface area contributed by atoms with Crippen LogP contribution in [0.4, 0.5) is 14.5 Å². The van der Waals surface area contributed by atoms with Gasteiger partial charge in [0.05, 0.1) is 4.92 Å². The highest BCUT2D eigenvalue weighted by atomic mass is 19.2. The Morgan fingerprint density at radius 1 is 1.23 bits per heavy atom. The van der Waals surface area contributed by atoms with E-state index < -0.39 is 22.3 Å². The van der Waals surface area contributed by atoms with E-state index in [1.165, 1.54) is 24.3 Å². The molecule has 2 aromatic rings. The number of nitro groups is 1. The molecule has 6 heteroatoms. The lowest BCUT2D eigenvalue weighted by Crippen LogP contribution is -1.98. The Kier molecular flexibility index (Phi) is 4.41. The number of rotatable bonds is 4. The number of nitro benzene ring substituents is 1. The van der Waals surface area contributed by atoms with E-state index in [2.05, 4.69) is 0 Å². The van der Waals surface area contributed by atoms with Gasteiger partial charge in [-0.1, -0.05) is 24.3 Å². The maximum absolute atomic E-state index is 13.5. The second-order valence-corrected chi connectivity index (χ2v) is 4.60. The van der Waals surface area contributed by atoms with Crippen LogP contribution < -0.4 is 0 Å². The Balaban J connectivity index is 2.29. The summed E-state index contributed by atoms with van der Waals surface area (Å²) in [5.41, 5.74) is 0.290. The average molecular weight is 303 g/mol. The van der Waals surface area contributed by atoms with Gasteiger partial charge in [-0.25, -0.2) is 8.78 Å². The molecule has 0 radical (unpaired) electrons. The number of halogens is 2. The fourth-order valence-corrected chi connectivity index (χ4v) is 1.87. The molecule has 0 saturated carbocycles. The summed E-state index contributed by atoms with van der Waals surface area (Å²) < 4.78 is 26.5. The lowest BCUT2D eigenvalue weighted by Gasteiger charge is -2.00. The first-order valence-corrected chi connectivity index (χ1v) is 6.31. The Labute approximate surface area is 124 Å². The summed E-state index contributed by atoms with van der Waals surface area (Å²) >= 11 is 0. The lowest BCUT2D eigenvalue weighted by atomic mass is 10.1. The lowest BCUT2D eigenvalue weighted by molar-refractivity contribution is -0.385. The van der Waals surface area contributed by atoms with Gasteiger partial charge < -0.3 is 0 Å². The van der Waals surface area contributed by atoms with Gasteiger partial charge in [0.2, 0.25) is 0 Å². The van der Waals surface area contributed by atoms with Gasteiger partial charge in [0, 0.05) is 22.8 Å². The number of carbonyl (C=O) groups is 1. The van der Waals surface area contributed by atoms with Crippen molar-refractivity contribution in [3.8, 4) is 0 Å². The van der Waals surface area contributed by atoms with Crippen LogP contribution in [0.5, 0.6) is 0 Å². The molecule has 0 N–H and O–H groups in total. The van der Waals surface area contributed by atoms with Crippen LogP contribution in [-0.2, 0) is 0 Å². The number of hydrogen-bond donors (Lipinski definition) is 0. The standard InChI is InChI=1S/C16H11F2NO3/c1-10-5-6-12(9-14(10)19(21)22)15(20)8-7-11-3-2-4-13(17)16(11)18/h2-9H,1H3/b8-7+. The van der Waals surface area contributed by atoms with Crippen LogP contribution in [-0.4, -0.2) is 10.7 Å². The minimum atomic E-state index is -1.05. The smallest absolute Gasteiger partial charge is 0.273 e. The molecule has 0 heterocycles. The summed E-state index contributed by atoms with van der Waals surface area (Å²) in [6.07, 6.45) is 2.18. The molecule has 22 heavy (non-hydrogen) atoms. The molecule has 0 atom stereocenters. The second kappa shape index (κ2) is 6.26. The Bertz CT molecular complexity index is 785. The van der Waals surface area contributed by atoms with Crippen molar-refractivity contribution in [1.29, 1.82) is 0 Å². The summed E-state index contributed by atoms with van der Waals surface area (Å²) in [6, 6.07) is 7.67. The number of hydrogen-bond acceptors (Lipinski definition) is 3. The van der Waals surface area contributed by atoms with Crippen molar-refractivity contribution in [2.24, 2.45) is 0 Å². The fraction of sp³-hybridized carbons (Fsp3) is 0.0625. The molecule has 112 valence electrons. The monoisotopic (exact) mass is 303 g/mol. The van der Waals surface area contributed by atoms with Crippen molar-refractivity contribution in [3.05, 3.63) is 80.9 Å². The minimum Gasteiger partial charge on any atom is -0.289 e. The van der Waals surface area contributed by atoms with Crippen LogP contribution in [0.25, 0.3) is 6.08 Å². The van der Waals surface area contributed by atoms with Crippen molar-refractivity contribution in [1.82, 2.24) is 0 Å². The van der Waals surface area contributed by atoms with Crippen LogP contribution in [0.2, 0.25) is 0 Å². The van der Waals surface area contributed by atoms with Crippen molar-refractivity contribution in [3.63, 3.8) is 0 Å². The van der Waals surface area contributed by atoms with Crippen LogP contribution in [0.1, 0.15) is 21.5 Å². The number of carbonyl (C=O) groups excluding carboxylic acids is 1. The minimum absolute atomic E-state index is 0.0741. The van der Waals surface area contributed by atoms with Gasteiger partial charge in [-0.05, 0) is 25.1 Å². The number of benzene rings is 2. The van der Waals surface area contributed by atoms with Crippen LogP contribution in [0.15, 0.2) is 42.5 Å². The predicted molar refractivity (Wildman–Crippen MR) is 77.6 cm³/mol. The van der Waals surface area contributed by atoms with E-state index in [1.54, 1.807) is 6.92 Å². The van der Waals surface area contributed by atoms with E-state index >= 15 is 0 Å². The number of allylic oxidation sites excluding steroid dienone is 1. The summed E-state index contributed by atoms with van der Waals surface area (Å²) in [4.78, 5) is 22.2. The highest BCUT2D eigenvalue weighted by Crippen LogP contribution is 2.20. The van der Waals surface area contributed by atoms with Crippen LogP contribution >= 0.6 is 0 Å². The molecule has 0 fully saturated rings. The van der Waals surface area contributed by atoms with Gasteiger partial charge in [0.25, 0.3) is 5.69 Å². The zero-order valence-electron chi connectivity index (χ0n) is 11.5. The van der Waals surface area contributed by atoms with Crippen LogP contribution in [0, 0.1) is 28.7 Å². The normalized spacial score (nSPS) is 10.9. The maximum Gasteiger partial charge on any atom is 0.273 e. The largest absolute Gasteiger partial charge is 0.289 e. The highest BCUT2D eigenvalue weighted by Gasteiger charge is 2.13. The molecule has 0 bridgehead atoms. The van der Waals surface area contributed by atoms with Gasteiger partial charge in [-0.3, -0.25) is 14.9 Å². The van der Waals surface area contributed by atoms with Crippen LogP contribution in [0.3, 0.4) is 0 Å². The maximum atomic E-state index is 13.5.